The van der Waals surface area contributed by atoms with Crippen molar-refractivity contribution in [1.82, 2.24) is 19.6 Å². The third-order valence-electron chi connectivity index (χ3n) is 5.28. The molecule has 0 spiro atoms. The lowest BCUT2D eigenvalue weighted by Crippen LogP contribution is -2.52. The summed E-state index contributed by atoms with van der Waals surface area (Å²) < 4.78 is 2.06. The van der Waals surface area contributed by atoms with Crippen LogP contribution in [-0.2, 0) is 6.54 Å². The molecule has 0 atom stereocenters. The molecule has 0 unspecified atom stereocenters. The number of anilines is 1. The first-order valence-electron chi connectivity index (χ1n) is 9.33. The summed E-state index contributed by atoms with van der Waals surface area (Å²) in [6.45, 7) is 9.03. The molecule has 2 aromatic heterocycles. The molecule has 0 aliphatic carbocycles. The van der Waals surface area contributed by atoms with Gasteiger partial charge in [-0.1, -0.05) is 12.1 Å². The van der Waals surface area contributed by atoms with Gasteiger partial charge in [-0.3, -0.25) is 9.39 Å². The van der Waals surface area contributed by atoms with Gasteiger partial charge in [0.15, 0.2) is 10.9 Å². The van der Waals surface area contributed by atoms with E-state index < -0.39 is 0 Å². The zero-order valence-electron chi connectivity index (χ0n) is 16.6. The molecule has 1 saturated heterocycles. The van der Waals surface area contributed by atoms with Gasteiger partial charge in [-0.2, -0.15) is 0 Å². The van der Waals surface area contributed by atoms with Gasteiger partial charge in [0.1, 0.15) is 0 Å². The number of guanidine groups is 1. The fourth-order valence-corrected chi connectivity index (χ4v) is 4.32. The number of hydrogen-bond donors (Lipinski definition) is 1. The van der Waals surface area contributed by atoms with Gasteiger partial charge < -0.3 is 15.1 Å². The Kier molecular flexibility index (Phi) is 6.82. The van der Waals surface area contributed by atoms with Crippen molar-refractivity contribution in [3.8, 4) is 0 Å². The van der Waals surface area contributed by atoms with Crippen LogP contribution in [0.1, 0.15) is 16.8 Å². The van der Waals surface area contributed by atoms with E-state index in [-0.39, 0.29) is 24.0 Å². The number of imidazole rings is 1. The lowest BCUT2D eigenvalue weighted by atomic mass is 10.1. The Hall–Kier alpha value is -1.81. The average Bonchev–Trinajstić information content (AvgIpc) is 3.27. The van der Waals surface area contributed by atoms with Crippen molar-refractivity contribution in [2.75, 3.05) is 38.1 Å². The number of nitrogens with zero attached hydrogens (tertiary/aromatic N) is 5. The number of aryl methyl sites for hydroxylation is 1. The monoisotopic (exact) mass is 510 g/mol. The summed E-state index contributed by atoms with van der Waals surface area (Å²) in [6.07, 6.45) is 4.11. The van der Waals surface area contributed by atoms with E-state index in [0.29, 0.717) is 6.54 Å². The summed E-state index contributed by atoms with van der Waals surface area (Å²) in [5.74, 6) is 0.951. The van der Waals surface area contributed by atoms with Crippen LogP contribution in [0.15, 0.2) is 41.0 Å². The molecule has 8 heteroatoms. The minimum Gasteiger partial charge on any atom is -0.368 e. The molecular formula is C20H27IN6S. The Morgan fingerprint density at radius 2 is 2.00 bits per heavy atom. The van der Waals surface area contributed by atoms with Crippen molar-refractivity contribution < 1.29 is 0 Å². The van der Waals surface area contributed by atoms with E-state index in [0.717, 1.165) is 42.8 Å². The van der Waals surface area contributed by atoms with Gasteiger partial charge in [-0.25, -0.2) is 4.98 Å². The number of fused-ring (bicyclic) bond motifs is 1. The molecule has 0 amide bonds. The van der Waals surface area contributed by atoms with Crippen LogP contribution in [0.25, 0.3) is 4.96 Å². The summed E-state index contributed by atoms with van der Waals surface area (Å²) in [5.41, 5.74) is 5.13. The second kappa shape index (κ2) is 9.13. The first-order chi connectivity index (χ1) is 13.2. The Morgan fingerprint density at radius 1 is 1.21 bits per heavy atom. The van der Waals surface area contributed by atoms with E-state index in [1.807, 2.05) is 18.6 Å². The summed E-state index contributed by atoms with van der Waals surface area (Å²) >= 11 is 1.65. The summed E-state index contributed by atoms with van der Waals surface area (Å²) in [5, 5.41) is 5.52. The number of thiazole rings is 1. The van der Waals surface area contributed by atoms with E-state index >= 15 is 0 Å². The normalized spacial score (nSPS) is 15.0. The second-order valence-corrected chi connectivity index (χ2v) is 7.79. The van der Waals surface area contributed by atoms with Crippen molar-refractivity contribution in [3.05, 3.63) is 52.8 Å². The molecule has 0 saturated carbocycles. The first kappa shape index (κ1) is 20.9. The van der Waals surface area contributed by atoms with Crippen molar-refractivity contribution >= 4 is 51.9 Å². The minimum atomic E-state index is 0. The number of halogens is 1. The van der Waals surface area contributed by atoms with Crippen molar-refractivity contribution in [2.24, 2.45) is 4.99 Å². The molecule has 150 valence electrons. The molecule has 0 bridgehead atoms. The number of piperazine rings is 1. The number of aromatic nitrogens is 2. The minimum absolute atomic E-state index is 0. The predicted octanol–water partition coefficient (Wildman–Crippen LogP) is 3.53. The molecule has 6 nitrogen and oxygen atoms in total. The van der Waals surface area contributed by atoms with E-state index in [9.17, 15) is 0 Å². The fraction of sp³-hybridized carbons (Fsp3) is 0.400. The predicted molar refractivity (Wildman–Crippen MR) is 128 cm³/mol. The molecule has 1 N–H and O–H groups in total. The molecular weight excluding hydrogens is 483 g/mol. The molecule has 1 aliphatic heterocycles. The van der Waals surface area contributed by atoms with E-state index in [1.54, 1.807) is 11.3 Å². The number of nitrogens with one attached hydrogen (secondary N) is 1. The second-order valence-electron chi connectivity index (χ2n) is 6.92. The van der Waals surface area contributed by atoms with Gasteiger partial charge in [0.2, 0.25) is 0 Å². The third kappa shape index (κ3) is 4.27. The molecule has 1 fully saturated rings. The zero-order chi connectivity index (χ0) is 18.8. The quantitative estimate of drug-likeness (QED) is 0.333. The van der Waals surface area contributed by atoms with Crippen molar-refractivity contribution in [3.63, 3.8) is 0 Å². The van der Waals surface area contributed by atoms with Gasteiger partial charge in [0, 0.05) is 56.7 Å². The highest BCUT2D eigenvalue weighted by molar-refractivity contribution is 14.0. The van der Waals surface area contributed by atoms with Crippen LogP contribution in [0.5, 0.6) is 0 Å². The third-order valence-corrected chi connectivity index (χ3v) is 6.05. The molecule has 28 heavy (non-hydrogen) atoms. The topological polar surface area (TPSA) is 48.2 Å². The number of rotatable bonds is 3. The molecule has 3 heterocycles. The standard InChI is InChI=1S/C20H26N6S.HI/c1-15-5-4-6-18(16(15)2)24-7-9-25(10-8-24)19(21-3)22-13-17-14-26-11-12-27-20(26)23-17;/h4-6,11-12,14H,7-10,13H2,1-3H3,(H,21,22);1H. The van der Waals surface area contributed by atoms with Crippen LogP contribution < -0.4 is 10.2 Å². The number of benzene rings is 1. The van der Waals surface area contributed by atoms with Crippen molar-refractivity contribution in [1.29, 1.82) is 0 Å². The smallest absolute Gasteiger partial charge is 0.194 e. The Balaban J connectivity index is 0.00000225. The first-order valence-corrected chi connectivity index (χ1v) is 10.2. The highest BCUT2D eigenvalue weighted by Gasteiger charge is 2.21. The van der Waals surface area contributed by atoms with E-state index in [2.05, 4.69) is 67.7 Å². The van der Waals surface area contributed by atoms with Gasteiger partial charge in [-0.15, -0.1) is 35.3 Å². The van der Waals surface area contributed by atoms with Crippen LogP contribution in [0.4, 0.5) is 5.69 Å². The zero-order valence-corrected chi connectivity index (χ0v) is 19.7. The van der Waals surface area contributed by atoms with Gasteiger partial charge >= 0.3 is 0 Å². The average molecular weight is 510 g/mol. The Morgan fingerprint density at radius 3 is 2.71 bits per heavy atom. The SMILES string of the molecule is CN=C(NCc1cn2ccsc2n1)N1CCN(c2cccc(C)c2C)CC1.I. The fourth-order valence-electron chi connectivity index (χ4n) is 3.60. The Bertz CT molecular complexity index is 926. The van der Waals surface area contributed by atoms with Crippen LogP contribution in [0.2, 0.25) is 0 Å². The highest BCUT2D eigenvalue weighted by Crippen LogP contribution is 2.23. The molecule has 1 aromatic carbocycles. The maximum Gasteiger partial charge on any atom is 0.194 e. The Labute approximate surface area is 187 Å². The number of hydrogen-bond acceptors (Lipinski definition) is 4. The van der Waals surface area contributed by atoms with Crippen molar-refractivity contribution in [2.45, 2.75) is 20.4 Å². The summed E-state index contributed by atoms with van der Waals surface area (Å²) in [6, 6.07) is 6.57. The summed E-state index contributed by atoms with van der Waals surface area (Å²) in [7, 11) is 1.85. The van der Waals surface area contributed by atoms with Gasteiger partial charge in [-0.05, 0) is 31.0 Å². The molecule has 4 rings (SSSR count). The van der Waals surface area contributed by atoms with Crippen LogP contribution in [-0.4, -0.2) is 53.5 Å². The van der Waals surface area contributed by atoms with Gasteiger partial charge in [0.05, 0.1) is 12.2 Å². The van der Waals surface area contributed by atoms with E-state index in [1.165, 1.54) is 16.8 Å². The lowest BCUT2D eigenvalue weighted by molar-refractivity contribution is 0.372. The van der Waals surface area contributed by atoms with Crippen LogP contribution in [0.3, 0.4) is 0 Å². The van der Waals surface area contributed by atoms with E-state index in [4.69, 9.17) is 0 Å². The maximum absolute atomic E-state index is 4.63. The summed E-state index contributed by atoms with van der Waals surface area (Å²) in [4.78, 5) is 15.0. The molecule has 0 radical (unpaired) electrons. The molecule has 1 aliphatic rings. The van der Waals surface area contributed by atoms with Crippen LogP contribution >= 0.6 is 35.3 Å². The maximum atomic E-state index is 4.63. The number of aliphatic imine (C=N–C) groups is 1. The molecule has 3 aromatic rings. The highest BCUT2D eigenvalue weighted by atomic mass is 127. The largest absolute Gasteiger partial charge is 0.368 e. The van der Waals surface area contributed by atoms with Crippen LogP contribution in [0, 0.1) is 13.8 Å². The lowest BCUT2D eigenvalue weighted by Gasteiger charge is -2.38. The van der Waals surface area contributed by atoms with Gasteiger partial charge in [0.25, 0.3) is 0 Å².